The average molecular weight is 561 g/mol. The van der Waals surface area contributed by atoms with Crippen LogP contribution in [0.3, 0.4) is 0 Å². The molecule has 6 nitrogen and oxygen atoms in total. The molecule has 1 saturated carbocycles. The van der Waals surface area contributed by atoms with E-state index in [2.05, 4.69) is 10.3 Å². The number of likely N-dealkylation sites (N-methyl/N-ethyl adjacent to an activating group) is 1. The first-order chi connectivity index (χ1) is 17.5. The number of nitrogens with zero attached hydrogens (tertiary/aromatic N) is 2. The van der Waals surface area contributed by atoms with Crippen molar-refractivity contribution in [2.24, 2.45) is 11.1 Å². The molecule has 0 aliphatic heterocycles. The van der Waals surface area contributed by atoms with Gasteiger partial charge < -0.3 is 16.0 Å². The van der Waals surface area contributed by atoms with Crippen LogP contribution >= 0.6 is 11.6 Å². The number of nitrogens with two attached hydrogens (primary N) is 1. The van der Waals surface area contributed by atoms with Crippen molar-refractivity contribution in [3.63, 3.8) is 0 Å². The molecule has 1 unspecified atom stereocenters. The van der Waals surface area contributed by atoms with Crippen molar-refractivity contribution < 1.29 is 31.5 Å². The van der Waals surface area contributed by atoms with E-state index in [0.717, 1.165) is 30.8 Å². The van der Waals surface area contributed by atoms with Crippen molar-refractivity contribution in [3.8, 4) is 0 Å². The van der Waals surface area contributed by atoms with Gasteiger partial charge in [0.2, 0.25) is 11.8 Å². The predicted octanol–water partition coefficient (Wildman–Crippen LogP) is 5.05. The number of nitrogens with one attached hydrogen (secondary N) is 1. The molecule has 1 aromatic heterocycles. The molecular weight excluding hydrogens is 531 g/mol. The number of carbonyl (C=O) groups is 2. The molecule has 1 aliphatic rings. The van der Waals surface area contributed by atoms with E-state index in [1.165, 1.54) is 6.07 Å². The fraction of sp³-hybridized carbons (Fsp3) is 0.500. The lowest BCUT2D eigenvalue weighted by Gasteiger charge is -2.32. The second-order valence-corrected chi connectivity index (χ2v) is 10.5. The summed E-state index contributed by atoms with van der Waals surface area (Å²) < 4.78 is 68.1. The fourth-order valence-electron chi connectivity index (χ4n) is 4.69. The monoisotopic (exact) mass is 560 g/mol. The summed E-state index contributed by atoms with van der Waals surface area (Å²) in [7, 11) is 3.60. The third-order valence-corrected chi connectivity index (χ3v) is 7.61. The number of hydrogen-bond acceptors (Lipinski definition) is 4. The minimum Gasteiger partial charge on any atom is -0.366 e. The molecule has 0 saturated heterocycles. The van der Waals surface area contributed by atoms with Gasteiger partial charge in [-0.2, -0.15) is 13.2 Å². The summed E-state index contributed by atoms with van der Waals surface area (Å²) in [5.41, 5.74) is 3.77. The molecule has 208 valence electrons. The van der Waals surface area contributed by atoms with E-state index in [9.17, 15) is 31.5 Å². The van der Waals surface area contributed by atoms with Crippen LogP contribution in [0, 0.1) is 5.41 Å². The molecule has 2 aromatic rings. The minimum absolute atomic E-state index is 0.148. The maximum absolute atomic E-state index is 14.6. The molecule has 38 heavy (non-hydrogen) atoms. The molecule has 3 N–H and O–H groups in total. The van der Waals surface area contributed by atoms with Gasteiger partial charge >= 0.3 is 6.18 Å². The van der Waals surface area contributed by atoms with Gasteiger partial charge in [0.25, 0.3) is 5.92 Å². The lowest BCUT2D eigenvalue weighted by Crippen LogP contribution is -2.43. The van der Waals surface area contributed by atoms with Crippen LogP contribution in [0.4, 0.5) is 22.0 Å². The maximum atomic E-state index is 14.6. The average Bonchev–Trinajstić information content (AvgIpc) is 3.62. The predicted molar refractivity (Wildman–Crippen MR) is 133 cm³/mol. The zero-order valence-electron chi connectivity index (χ0n) is 21.2. The zero-order chi connectivity index (χ0) is 28.5. The van der Waals surface area contributed by atoms with E-state index in [1.807, 2.05) is 4.90 Å². The Hall–Kier alpha value is -2.79. The van der Waals surface area contributed by atoms with Gasteiger partial charge in [0.15, 0.2) is 0 Å². The van der Waals surface area contributed by atoms with E-state index in [-0.39, 0.29) is 43.0 Å². The summed E-state index contributed by atoms with van der Waals surface area (Å²) in [6.45, 7) is 0.935. The Kier molecular flexibility index (Phi) is 8.72. The molecule has 12 heteroatoms. The summed E-state index contributed by atoms with van der Waals surface area (Å²) in [5, 5.41) is 3.12. The first kappa shape index (κ1) is 29.8. The highest BCUT2D eigenvalue weighted by atomic mass is 35.5. The van der Waals surface area contributed by atoms with E-state index < -0.39 is 40.9 Å². The van der Waals surface area contributed by atoms with Crippen LogP contribution in [0.5, 0.6) is 0 Å². The third-order valence-electron chi connectivity index (χ3n) is 7.26. The number of primary amides is 1. The number of hydrogen-bond donors (Lipinski definition) is 2. The number of carbonyl (C=O) groups excluding carboxylic acids is 2. The van der Waals surface area contributed by atoms with E-state index >= 15 is 0 Å². The molecule has 1 aliphatic carbocycles. The van der Waals surface area contributed by atoms with Crippen molar-refractivity contribution >= 4 is 23.4 Å². The van der Waals surface area contributed by atoms with Crippen LogP contribution in [-0.2, 0) is 17.4 Å². The Morgan fingerprint density at radius 2 is 1.82 bits per heavy atom. The number of halogens is 6. The number of aromatic nitrogens is 1. The number of pyridine rings is 1. The number of rotatable bonds is 11. The lowest BCUT2D eigenvalue weighted by atomic mass is 9.77. The van der Waals surface area contributed by atoms with Gasteiger partial charge in [-0.05, 0) is 69.6 Å². The number of alkyl halides is 5. The second kappa shape index (κ2) is 11.1. The Morgan fingerprint density at radius 1 is 1.16 bits per heavy atom. The van der Waals surface area contributed by atoms with Crippen LogP contribution in [0.1, 0.15) is 59.3 Å². The van der Waals surface area contributed by atoms with Crippen LogP contribution in [0.15, 0.2) is 36.5 Å². The van der Waals surface area contributed by atoms with Crippen molar-refractivity contribution in [3.05, 3.63) is 63.9 Å². The van der Waals surface area contributed by atoms with Gasteiger partial charge in [0, 0.05) is 47.1 Å². The smallest absolute Gasteiger partial charge is 0.366 e. The Bertz CT molecular complexity index is 1160. The van der Waals surface area contributed by atoms with Gasteiger partial charge in [0.05, 0.1) is 0 Å². The highest BCUT2D eigenvalue weighted by Crippen LogP contribution is 2.65. The van der Waals surface area contributed by atoms with Crippen molar-refractivity contribution in [1.82, 2.24) is 15.2 Å². The van der Waals surface area contributed by atoms with Crippen LogP contribution in [-0.4, -0.2) is 54.3 Å². The first-order valence-corrected chi connectivity index (χ1v) is 12.4. The summed E-state index contributed by atoms with van der Waals surface area (Å²) in [4.78, 5) is 29.6. The summed E-state index contributed by atoms with van der Waals surface area (Å²) in [6, 6.07) is 6.34. The highest BCUT2D eigenvalue weighted by Gasteiger charge is 2.63. The second-order valence-electron chi connectivity index (χ2n) is 10.1. The van der Waals surface area contributed by atoms with Gasteiger partial charge in [0.1, 0.15) is 5.69 Å². The normalized spacial score (nSPS) is 16.7. The van der Waals surface area contributed by atoms with Crippen molar-refractivity contribution in [2.75, 3.05) is 20.6 Å². The van der Waals surface area contributed by atoms with Crippen LogP contribution in [0.25, 0.3) is 0 Å². The van der Waals surface area contributed by atoms with Gasteiger partial charge in [-0.3, -0.25) is 14.6 Å². The minimum atomic E-state index is -4.67. The Balaban J connectivity index is 1.74. The Morgan fingerprint density at radius 3 is 2.26 bits per heavy atom. The van der Waals surface area contributed by atoms with E-state index in [4.69, 9.17) is 17.3 Å². The lowest BCUT2D eigenvalue weighted by molar-refractivity contribution is -0.141. The van der Waals surface area contributed by atoms with Crippen molar-refractivity contribution in [1.29, 1.82) is 0 Å². The van der Waals surface area contributed by atoms with Crippen LogP contribution in [0.2, 0.25) is 5.02 Å². The number of benzene rings is 1. The molecule has 0 spiro atoms. The quantitative estimate of drug-likeness (QED) is 0.377. The zero-order valence-corrected chi connectivity index (χ0v) is 22.0. The van der Waals surface area contributed by atoms with E-state index in [0.29, 0.717) is 11.4 Å². The molecule has 1 aromatic carbocycles. The standard InChI is InChI=1S/C26H30ClF5N4O2/c1-24(28,29)25(8-9-25)19(17-6-7-21(34-13-17)26(30,31)32)12-22(37)35-14-18(36(2)3)10-15-4-5-16(23(33)38)11-20(15)27/h4-7,11,13,18-19H,8-10,12,14H2,1-3H3,(H2,33,38)(H,35,37)/t18-,19?/m0/s1. The summed E-state index contributed by atoms with van der Waals surface area (Å²) >= 11 is 6.30. The largest absolute Gasteiger partial charge is 0.433 e. The van der Waals surface area contributed by atoms with Gasteiger partial charge in [-0.1, -0.05) is 23.7 Å². The molecule has 0 bridgehead atoms. The molecule has 2 amide bonds. The summed E-state index contributed by atoms with van der Waals surface area (Å²) in [5.74, 6) is -5.27. The fourth-order valence-corrected chi connectivity index (χ4v) is 4.94. The molecule has 3 rings (SSSR count). The van der Waals surface area contributed by atoms with Crippen molar-refractivity contribution in [2.45, 2.75) is 56.7 Å². The van der Waals surface area contributed by atoms with Gasteiger partial charge in [-0.15, -0.1) is 0 Å². The first-order valence-electron chi connectivity index (χ1n) is 12.0. The highest BCUT2D eigenvalue weighted by molar-refractivity contribution is 6.31. The number of amides is 2. The summed E-state index contributed by atoms with van der Waals surface area (Å²) in [6.07, 6.45) is -3.35. The molecule has 2 atom stereocenters. The molecular formula is C26H30ClF5N4O2. The maximum Gasteiger partial charge on any atom is 0.433 e. The van der Waals surface area contributed by atoms with Crippen LogP contribution < -0.4 is 11.1 Å². The van der Waals surface area contributed by atoms with E-state index in [1.54, 1.807) is 26.2 Å². The van der Waals surface area contributed by atoms with Gasteiger partial charge in [-0.25, -0.2) is 8.78 Å². The Labute approximate surface area is 222 Å². The topological polar surface area (TPSA) is 88.3 Å². The molecule has 0 radical (unpaired) electrons. The molecule has 1 heterocycles. The molecule has 1 fully saturated rings. The third kappa shape index (κ3) is 6.79. The SMILES string of the molecule is CN(C)[C@H](CNC(=O)CC(c1ccc(C(F)(F)F)nc1)C1(C(C)(F)F)CC1)Cc1ccc(C(N)=O)cc1Cl.